The predicted molar refractivity (Wildman–Crippen MR) is 111 cm³/mol. The van der Waals surface area contributed by atoms with E-state index in [1.807, 2.05) is 0 Å². The van der Waals surface area contributed by atoms with Crippen LogP contribution in [0.5, 0.6) is 5.75 Å². The van der Waals surface area contributed by atoms with E-state index in [-0.39, 0.29) is 59.4 Å². The van der Waals surface area contributed by atoms with E-state index in [0.29, 0.717) is 16.2 Å². The third kappa shape index (κ3) is 4.55. The van der Waals surface area contributed by atoms with E-state index in [9.17, 15) is 28.0 Å². The Bertz CT molecular complexity index is 1470. The normalized spacial score (nSPS) is 11.6. The fraction of sp³-hybridized carbons (Fsp3) is 0. The predicted octanol–water partition coefficient (Wildman–Crippen LogP) is 2.71. The fourth-order valence-corrected chi connectivity index (χ4v) is 3.89. The zero-order chi connectivity index (χ0) is 21.5. The van der Waals surface area contributed by atoms with Gasteiger partial charge in [-0.2, -0.15) is 18.6 Å². The van der Waals surface area contributed by atoms with Gasteiger partial charge in [-0.25, -0.2) is 0 Å². The van der Waals surface area contributed by atoms with Gasteiger partial charge in [0.05, 0.1) is 17.3 Å². The van der Waals surface area contributed by atoms with Gasteiger partial charge < -0.3 is 15.0 Å². The molecule has 0 aliphatic heterocycles. The van der Waals surface area contributed by atoms with E-state index >= 15 is 0 Å². The number of azo groups is 1. The molecule has 0 spiro atoms. The van der Waals surface area contributed by atoms with E-state index < -0.39 is 27.4 Å². The topological polar surface area (TPSA) is 142 Å². The van der Waals surface area contributed by atoms with Crippen molar-refractivity contribution in [3.63, 3.8) is 0 Å². The van der Waals surface area contributed by atoms with E-state index in [0.717, 1.165) is 0 Å². The van der Waals surface area contributed by atoms with Crippen LogP contribution in [0.1, 0.15) is 10.4 Å². The van der Waals surface area contributed by atoms with Crippen LogP contribution in [0, 0.1) is 0 Å². The van der Waals surface area contributed by atoms with Crippen molar-refractivity contribution in [3.05, 3.63) is 72.3 Å². The van der Waals surface area contributed by atoms with Crippen LogP contribution in [0.4, 0.5) is 11.4 Å². The van der Waals surface area contributed by atoms with Crippen LogP contribution in [-0.2, 0) is 10.1 Å². The smallest absolute Gasteiger partial charge is 0.871 e. The summed E-state index contributed by atoms with van der Waals surface area (Å²) in [5, 5.41) is 33.5. The third-order valence-electron chi connectivity index (χ3n) is 4.56. The SMILES string of the molecule is O=C([O-])c1cc2ccccc2c(N=Nc2ccc3cccc(S(=O)(=O)O)c3c2)c1[O-].[Ca+2]. The first kappa shape index (κ1) is 23.1. The number of hydrogen-bond donors (Lipinski definition) is 1. The summed E-state index contributed by atoms with van der Waals surface area (Å²) in [4.78, 5) is 11.0. The molecule has 4 rings (SSSR count). The molecule has 0 aliphatic rings. The van der Waals surface area contributed by atoms with Gasteiger partial charge in [0.15, 0.2) is 0 Å². The Morgan fingerprint density at radius 2 is 1.58 bits per heavy atom. The van der Waals surface area contributed by atoms with Crippen LogP contribution in [-0.4, -0.2) is 56.7 Å². The molecule has 0 saturated carbocycles. The van der Waals surface area contributed by atoms with E-state index in [1.54, 1.807) is 42.5 Å². The van der Waals surface area contributed by atoms with Crippen molar-refractivity contribution in [2.75, 3.05) is 0 Å². The number of benzene rings is 4. The molecule has 0 heterocycles. The van der Waals surface area contributed by atoms with E-state index in [2.05, 4.69) is 10.2 Å². The largest absolute Gasteiger partial charge is 2.00 e. The molecule has 4 aromatic carbocycles. The van der Waals surface area contributed by atoms with Gasteiger partial charge >= 0.3 is 37.7 Å². The van der Waals surface area contributed by atoms with Gasteiger partial charge in [0, 0.05) is 10.8 Å². The maximum absolute atomic E-state index is 12.6. The van der Waals surface area contributed by atoms with Crippen molar-refractivity contribution < 1.29 is 28.0 Å². The van der Waals surface area contributed by atoms with Gasteiger partial charge in [0.1, 0.15) is 4.90 Å². The Morgan fingerprint density at radius 1 is 0.871 bits per heavy atom. The summed E-state index contributed by atoms with van der Waals surface area (Å²) >= 11 is 0. The molecular weight excluding hydrogens is 448 g/mol. The van der Waals surface area contributed by atoms with Crippen LogP contribution in [0.2, 0.25) is 0 Å². The molecule has 4 aromatic rings. The number of aromatic carboxylic acids is 1. The molecule has 8 nitrogen and oxygen atoms in total. The Balaban J connectivity index is 0.00000272. The molecule has 10 heteroatoms. The molecule has 0 aromatic heterocycles. The fourth-order valence-electron chi connectivity index (χ4n) is 3.19. The van der Waals surface area contributed by atoms with Crippen molar-refractivity contribution in [2.45, 2.75) is 4.90 Å². The number of fused-ring (bicyclic) bond motifs is 2. The van der Waals surface area contributed by atoms with Crippen LogP contribution >= 0.6 is 0 Å². The Labute approximate surface area is 206 Å². The monoisotopic (exact) mass is 460 g/mol. The van der Waals surface area contributed by atoms with E-state index in [4.69, 9.17) is 0 Å². The van der Waals surface area contributed by atoms with E-state index in [1.165, 1.54) is 24.3 Å². The average Bonchev–Trinajstić information content (AvgIpc) is 2.71. The summed E-state index contributed by atoms with van der Waals surface area (Å²) < 4.78 is 32.7. The maximum Gasteiger partial charge on any atom is 2.00 e. The molecule has 0 amide bonds. The summed E-state index contributed by atoms with van der Waals surface area (Å²) in [5.74, 6) is -2.46. The van der Waals surface area contributed by atoms with Crippen LogP contribution < -0.4 is 10.2 Å². The Hall–Kier alpha value is -2.56. The Kier molecular flexibility index (Phi) is 6.63. The number of nitrogens with zero attached hydrogens (tertiary/aromatic N) is 2. The van der Waals surface area contributed by atoms with Gasteiger partial charge in [-0.3, -0.25) is 4.55 Å². The molecule has 0 unspecified atom stereocenters. The summed E-state index contributed by atoms with van der Waals surface area (Å²) in [6.07, 6.45) is 0. The molecule has 0 fully saturated rings. The third-order valence-corrected chi connectivity index (χ3v) is 5.48. The van der Waals surface area contributed by atoms with Crippen molar-refractivity contribution in [2.24, 2.45) is 10.2 Å². The standard InChI is InChI=1S/C21H14N2O6S.Ca/c24-20-17(21(25)26)10-13-4-1-2-6-15(13)19(20)23-22-14-9-8-12-5-3-7-18(16(12)11-14)30(27,28)29;/h1-11,24H,(H,25,26)(H,27,28,29);/q;+2/p-2. The minimum Gasteiger partial charge on any atom is -0.871 e. The molecule has 0 atom stereocenters. The summed E-state index contributed by atoms with van der Waals surface area (Å²) in [7, 11) is -4.46. The van der Waals surface area contributed by atoms with Crippen LogP contribution in [0.25, 0.3) is 21.5 Å². The number of hydrogen-bond acceptors (Lipinski definition) is 7. The zero-order valence-electron chi connectivity index (χ0n) is 15.8. The molecule has 0 aliphatic carbocycles. The number of carboxylic acid groups (broad SMARTS) is 1. The summed E-state index contributed by atoms with van der Waals surface area (Å²) in [5.41, 5.74) is -0.494. The van der Waals surface area contributed by atoms with Crippen molar-refractivity contribution >= 4 is 86.7 Å². The van der Waals surface area contributed by atoms with Gasteiger partial charge in [0.2, 0.25) is 0 Å². The first-order valence-corrected chi connectivity index (χ1v) is 10.1. The number of carbonyl (C=O) groups excluding carboxylic acids is 1. The van der Waals surface area contributed by atoms with Crippen molar-refractivity contribution in [3.8, 4) is 5.75 Å². The van der Waals surface area contributed by atoms with Gasteiger partial charge in [-0.15, -0.1) is 0 Å². The molecule has 0 bridgehead atoms. The first-order chi connectivity index (χ1) is 14.3. The van der Waals surface area contributed by atoms with Crippen molar-refractivity contribution in [1.82, 2.24) is 0 Å². The van der Waals surface area contributed by atoms with Crippen molar-refractivity contribution in [1.29, 1.82) is 0 Å². The average molecular weight is 460 g/mol. The number of rotatable bonds is 4. The Morgan fingerprint density at radius 3 is 2.29 bits per heavy atom. The minimum absolute atomic E-state index is 0. The van der Waals surface area contributed by atoms with Crippen LogP contribution in [0.15, 0.2) is 81.9 Å². The second kappa shape index (κ2) is 8.89. The number of carbonyl (C=O) groups is 1. The maximum atomic E-state index is 12.6. The second-order valence-corrected chi connectivity index (χ2v) is 7.84. The zero-order valence-corrected chi connectivity index (χ0v) is 18.9. The molecular formula is C21H12CaN2O6S. The molecule has 31 heavy (non-hydrogen) atoms. The van der Waals surface area contributed by atoms with Crippen LogP contribution in [0.3, 0.4) is 0 Å². The second-order valence-electron chi connectivity index (χ2n) is 6.45. The number of carboxylic acids is 1. The molecule has 1 N–H and O–H groups in total. The quantitative estimate of drug-likeness (QED) is 0.282. The van der Waals surface area contributed by atoms with Gasteiger partial charge in [-0.05, 0) is 40.6 Å². The van der Waals surface area contributed by atoms with Gasteiger partial charge in [-0.1, -0.05) is 48.2 Å². The van der Waals surface area contributed by atoms with Gasteiger partial charge in [0.25, 0.3) is 10.1 Å². The molecule has 0 radical (unpaired) electrons. The molecule has 0 saturated heterocycles. The summed E-state index contributed by atoms with van der Waals surface area (Å²) in [6, 6.07) is 16.8. The first-order valence-electron chi connectivity index (χ1n) is 8.62. The minimum atomic E-state index is -4.46. The molecule has 150 valence electrons. The summed E-state index contributed by atoms with van der Waals surface area (Å²) in [6.45, 7) is 0.